The Morgan fingerprint density at radius 3 is 2.64 bits per heavy atom. The van der Waals surface area contributed by atoms with Crippen LogP contribution in [0, 0.1) is 5.92 Å². The first-order valence-electron chi connectivity index (χ1n) is 7.29. The zero-order valence-corrected chi connectivity index (χ0v) is 12.3. The van der Waals surface area contributed by atoms with Crippen LogP contribution in [0.15, 0.2) is 24.3 Å². The van der Waals surface area contributed by atoms with Crippen LogP contribution >= 0.6 is 0 Å². The van der Waals surface area contributed by atoms with Crippen LogP contribution in [0.25, 0.3) is 0 Å². The van der Waals surface area contributed by atoms with Gasteiger partial charge in [-0.25, -0.2) is 0 Å². The van der Waals surface area contributed by atoms with Gasteiger partial charge in [-0.15, -0.1) is 0 Å². The topological polar surface area (TPSA) is 53.2 Å². The van der Waals surface area contributed by atoms with Crippen molar-refractivity contribution in [2.45, 2.75) is 32.0 Å². The number of benzene rings is 1. The highest BCUT2D eigenvalue weighted by Crippen LogP contribution is 2.25. The van der Waals surface area contributed by atoms with Crippen molar-refractivity contribution in [1.29, 1.82) is 0 Å². The summed E-state index contributed by atoms with van der Waals surface area (Å²) in [5, 5.41) is 8.32. The molecule has 22 heavy (non-hydrogen) atoms. The molecule has 1 aliphatic heterocycles. The highest BCUT2D eigenvalue weighted by molar-refractivity contribution is 5.95. The minimum absolute atomic E-state index is 0.119. The Hall–Kier alpha value is -1.76. The fraction of sp³-hybridized carbons (Fsp3) is 0.533. The summed E-state index contributed by atoms with van der Waals surface area (Å²) in [5.41, 5.74) is 0.651. The summed E-state index contributed by atoms with van der Waals surface area (Å²) in [6, 6.07) is 6.69. The first-order valence-corrected chi connectivity index (χ1v) is 7.29. The van der Waals surface area contributed by atoms with Crippen LogP contribution in [0.5, 0.6) is 0 Å². The van der Waals surface area contributed by atoms with Crippen molar-refractivity contribution in [2.24, 2.45) is 5.92 Å². The number of para-hydroxylation sites is 2. The Morgan fingerprint density at radius 1 is 1.32 bits per heavy atom. The van der Waals surface area contributed by atoms with Gasteiger partial charge in [-0.1, -0.05) is 12.1 Å². The van der Waals surface area contributed by atoms with Crippen LogP contribution in [-0.4, -0.2) is 31.2 Å². The van der Waals surface area contributed by atoms with Gasteiger partial charge < -0.3 is 16.0 Å². The van der Waals surface area contributed by atoms with Crippen LogP contribution < -0.4 is 16.0 Å². The fourth-order valence-corrected chi connectivity index (χ4v) is 2.55. The first-order chi connectivity index (χ1) is 10.3. The third kappa shape index (κ3) is 4.91. The minimum Gasteiger partial charge on any atom is -0.375 e. The van der Waals surface area contributed by atoms with Gasteiger partial charge in [0.05, 0.1) is 11.4 Å². The molecule has 0 bridgehead atoms. The molecule has 1 amide bonds. The average Bonchev–Trinajstić information content (AvgIpc) is 2.45. The van der Waals surface area contributed by atoms with Crippen LogP contribution in [0.1, 0.15) is 19.8 Å². The molecular weight excluding hydrogens is 295 g/mol. The molecule has 1 aromatic carbocycles. The second-order valence-electron chi connectivity index (χ2n) is 5.58. The number of carbonyl (C=O) groups excluding carboxylic acids is 1. The molecule has 1 heterocycles. The van der Waals surface area contributed by atoms with Crippen LogP contribution in [0.4, 0.5) is 24.5 Å². The number of alkyl halides is 3. The van der Waals surface area contributed by atoms with E-state index < -0.39 is 12.7 Å². The molecule has 122 valence electrons. The van der Waals surface area contributed by atoms with Crippen LogP contribution in [0.2, 0.25) is 0 Å². The molecule has 2 atom stereocenters. The van der Waals surface area contributed by atoms with Gasteiger partial charge in [-0.3, -0.25) is 4.79 Å². The second kappa shape index (κ2) is 7.00. The molecule has 0 unspecified atom stereocenters. The summed E-state index contributed by atoms with van der Waals surface area (Å²) in [7, 11) is 0. The molecule has 1 aliphatic rings. The van der Waals surface area contributed by atoms with Crippen molar-refractivity contribution in [3.8, 4) is 0 Å². The predicted octanol–water partition coefficient (Wildman–Crippen LogP) is 2.99. The number of hydrogen-bond donors (Lipinski definition) is 3. The maximum atomic E-state index is 12.3. The van der Waals surface area contributed by atoms with E-state index in [1.54, 1.807) is 18.2 Å². The smallest absolute Gasteiger partial charge is 0.375 e. The predicted molar refractivity (Wildman–Crippen MR) is 79.8 cm³/mol. The van der Waals surface area contributed by atoms with E-state index in [0.717, 1.165) is 19.4 Å². The Kier molecular flexibility index (Phi) is 5.28. The Balaban J connectivity index is 2.01. The van der Waals surface area contributed by atoms with Gasteiger partial charge >= 0.3 is 6.18 Å². The first kappa shape index (κ1) is 16.6. The normalized spacial score (nSPS) is 22.2. The molecule has 2 rings (SSSR count). The van der Waals surface area contributed by atoms with E-state index in [0.29, 0.717) is 5.69 Å². The lowest BCUT2D eigenvalue weighted by molar-refractivity contribution is -0.120. The number of halogens is 3. The van der Waals surface area contributed by atoms with E-state index in [-0.39, 0.29) is 23.6 Å². The summed E-state index contributed by atoms with van der Waals surface area (Å²) in [6.07, 6.45) is -2.85. The fourth-order valence-electron chi connectivity index (χ4n) is 2.55. The Bertz CT molecular complexity index is 519. The van der Waals surface area contributed by atoms with Gasteiger partial charge in [0, 0.05) is 12.0 Å². The maximum Gasteiger partial charge on any atom is 0.405 e. The summed E-state index contributed by atoms with van der Waals surface area (Å²) < 4.78 is 36.9. The summed E-state index contributed by atoms with van der Waals surface area (Å²) in [6.45, 7) is 1.65. The zero-order chi connectivity index (χ0) is 16.2. The van der Waals surface area contributed by atoms with Crippen molar-refractivity contribution < 1.29 is 18.0 Å². The molecule has 7 heteroatoms. The van der Waals surface area contributed by atoms with E-state index in [9.17, 15) is 18.0 Å². The zero-order valence-electron chi connectivity index (χ0n) is 12.3. The third-order valence-electron chi connectivity index (χ3n) is 3.66. The molecule has 1 saturated heterocycles. The Labute approximate surface area is 127 Å². The monoisotopic (exact) mass is 315 g/mol. The molecule has 0 saturated carbocycles. The summed E-state index contributed by atoms with van der Waals surface area (Å²) in [4.78, 5) is 12.3. The maximum absolute atomic E-state index is 12.3. The number of anilines is 2. The summed E-state index contributed by atoms with van der Waals surface area (Å²) >= 11 is 0. The van der Waals surface area contributed by atoms with Crippen LogP contribution in [0.3, 0.4) is 0 Å². The van der Waals surface area contributed by atoms with Crippen molar-refractivity contribution >= 4 is 17.3 Å². The van der Waals surface area contributed by atoms with E-state index in [1.165, 1.54) is 6.07 Å². The lowest BCUT2D eigenvalue weighted by Gasteiger charge is -2.27. The molecule has 0 radical (unpaired) electrons. The van der Waals surface area contributed by atoms with Gasteiger partial charge in [0.15, 0.2) is 0 Å². The molecule has 0 spiro atoms. The standard InChI is InChI=1S/C15H20F3N3O/c1-10-8-11(6-7-19-10)14(22)21-13-5-3-2-4-12(13)20-9-15(16,17)18/h2-5,10-11,19-20H,6-9H2,1H3,(H,21,22)/t10-,11-/m0/s1. The van der Waals surface area contributed by atoms with Crippen molar-refractivity contribution in [3.05, 3.63) is 24.3 Å². The number of hydrogen-bond acceptors (Lipinski definition) is 3. The van der Waals surface area contributed by atoms with Crippen molar-refractivity contribution in [1.82, 2.24) is 5.32 Å². The Morgan fingerprint density at radius 2 is 2.00 bits per heavy atom. The van der Waals surface area contributed by atoms with E-state index in [1.807, 2.05) is 6.92 Å². The lowest BCUT2D eigenvalue weighted by Crippen LogP contribution is -2.40. The second-order valence-corrected chi connectivity index (χ2v) is 5.58. The van der Waals surface area contributed by atoms with Crippen molar-refractivity contribution in [3.63, 3.8) is 0 Å². The molecular formula is C15H20F3N3O. The van der Waals surface area contributed by atoms with Gasteiger partial charge in [-0.05, 0) is 38.4 Å². The van der Waals surface area contributed by atoms with Gasteiger partial charge in [-0.2, -0.15) is 13.2 Å². The molecule has 0 aliphatic carbocycles. The average molecular weight is 315 g/mol. The number of rotatable bonds is 4. The van der Waals surface area contributed by atoms with E-state index in [2.05, 4.69) is 16.0 Å². The van der Waals surface area contributed by atoms with Crippen LogP contribution in [-0.2, 0) is 4.79 Å². The lowest BCUT2D eigenvalue weighted by atomic mass is 9.92. The van der Waals surface area contributed by atoms with Gasteiger partial charge in [0.25, 0.3) is 0 Å². The number of piperidine rings is 1. The molecule has 3 N–H and O–H groups in total. The highest BCUT2D eigenvalue weighted by atomic mass is 19.4. The molecule has 4 nitrogen and oxygen atoms in total. The minimum atomic E-state index is -4.30. The van der Waals surface area contributed by atoms with E-state index in [4.69, 9.17) is 0 Å². The molecule has 1 aromatic rings. The highest BCUT2D eigenvalue weighted by Gasteiger charge is 2.28. The number of amides is 1. The third-order valence-corrected chi connectivity index (χ3v) is 3.66. The number of nitrogens with one attached hydrogen (secondary N) is 3. The molecule has 0 aromatic heterocycles. The largest absolute Gasteiger partial charge is 0.405 e. The quantitative estimate of drug-likeness (QED) is 0.800. The number of carbonyl (C=O) groups is 1. The SMILES string of the molecule is C[C@H]1C[C@@H](C(=O)Nc2ccccc2NCC(F)(F)F)CCN1. The molecule has 1 fully saturated rings. The van der Waals surface area contributed by atoms with Gasteiger partial charge in [0.1, 0.15) is 6.54 Å². The summed E-state index contributed by atoms with van der Waals surface area (Å²) in [5.74, 6) is -0.262. The van der Waals surface area contributed by atoms with Crippen molar-refractivity contribution in [2.75, 3.05) is 23.7 Å². The van der Waals surface area contributed by atoms with E-state index >= 15 is 0 Å². The van der Waals surface area contributed by atoms with Gasteiger partial charge in [0.2, 0.25) is 5.91 Å².